The molecule has 0 atom stereocenters. The second kappa shape index (κ2) is 5.99. The van der Waals surface area contributed by atoms with Gasteiger partial charge in [0.1, 0.15) is 12.3 Å². The molecular formula is C16H19N3O2. The summed E-state index contributed by atoms with van der Waals surface area (Å²) in [6.07, 6.45) is 3.78. The molecule has 0 aliphatic heterocycles. The van der Waals surface area contributed by atoms with Crippen LogP contribution in [0.5, 0.6) is 5.75 Å². The fraction of sp³-hybridized carbons (Fsp3) is 0.375. The molecule has 0 spiro atoms. The summed E-state index contributed by atoms with van der Waals surface area (Å²) < 4.78 is 13.5. The third kappa shape index (κ3) is 2.77. The number of ether oxygens (including phenoxy) is 1. The third-order valence-corrected chi connectivity index (χ3v) is 3.35. The van der Waals surface area contributed by atoms with Crippen LogP contribution in [0.2, 0.25) is 0 Å². The molecule has 0 bridgehead atoms. The first kappa shape index (κ1) is 13.7. The van der Waals surface area contributed by atoms with Gasteiger partial charge in [0.2, 0.25) is 11.8 Å². The molecule has 2 heterocycles. The van der Waals surface area contributed by atoms with Gasteiger partial charge in [-0.1, -0.05) is 19.9 Å². The highest BCUT2D eigenvalue weighted by Crippen LogP contribution is 2.27. The van der Waals surface area contributed by atoms with Gasteiger partial charge in [-0.25, -0.2) is 0 Å². The van der Waals surface area contributed by atoms with E-state index in [9.17, 15) is 0 Å². The number of aromatic nitrogens is 3. The standard InChI is InChI=1S/C16H19N3O2/c1-3-10-20-14-7-5-6-13-12(14)8-9-19(13)11-16-18-17-15(4-2)21-16/h5-9H,3-4,10-11H2,1-2H3. The van der Waals surface area contributed by atoms with Gasteiger partial charge in [0, 0.05) is 18.0 Å². The highest BCUT2D eigenvalue weighted by atomic mass is 16.5. The lowest BCUT2D eigenvalue weighted by Gasteiger charge is -2.07. The van der Waals surface area contributed by atoms with Gasteiger partial charge in [-0.3, -0.25) is 0 Å². The van der Waals surface area contributed by atoms with Crippen LogP contribution in [0.4, 0.5) is 0 Å². The first-order valence-corrected chi connectivity index (χ1v) is 7.33. The van der Waals surface area contributed by atoms with E-state index in [1.807, 2.05) is 25.3 Å². The van der Waals surface area contributed by atoms with E-state index >= 15 is 0 Å². The average Bonchev–Trinajstić information content (AvgIpc) is 3.13. The second-order valence-electron chi connectivity index (χ2n) is 4.92. The Balaban J connectivity index is 1.89. The van der Waals surface area contributed by atoms with Crippen LogP contribution >= 0.6 is 0 Å². The monoisotopic (exact) mass is 285 g/mol. The first-order valence-electron chi connectivity index (χ1n) is 7.33. The summed E-state index contributed by atoms with van der Waals surface area (Å²) in [7, 11) is 0. The van der Waals surface area contributed by atoms with Crippen LogP contribution in [0, 0.1) is 0 Å². The van der Waals surface area contributed by atoms with E-state index < -0.39 is 0 Å². The van der Waals surface area contributed by atoms with Gasteiger partial charge < -0.3 is 13.7 Å². The molecule has 21 heavy (non-hydrogen) atoms. The van der Waals surface area contributed by atoms with Crippen molar-refractivity contribution in [2.45, 2.75) is 33.2 Å². The van der Waals surface area contributed by atoms with Gasteiger partial charge in [-0.05, 0) is 24.6 Å². The average molecular weight is 285 g/mol. The van der Waals surface area contributed by atoms with E-state index in [-0.39, 0.29) is 0 Å². The van der Waals surface area contributed by atoms with E-state index in [0.717, 1.165) is 36.1 Å². The predicted molar refractivity (Wildman–Crippen MR) is 80.5 cm³/mol. The van der Waals surface area contributed by atoms with E-state index in [2.05, 4.69) is 33.8 Å². The number of fused-ring (bicyclic) bond motifs is 1. The Morgan fingerprint density at radius 3 is 2.76 bits per heavy atom. The highest BCUT2D eigenvalue weighted by Gasteiger charge is 2.10. The van der Waals surface area contributed by atoms with Gasteiger partial charge in [0.05, 0.1) is 12.1 Å². The van der Waals surface area contributed by atoms with Crippen molar-refractivity contribution in [1.29, 1.82) is 0 Å². The van der Waals surface area contributed by atoms with Gasteiger partial charge in [-0.15, -0.1) is 10.2 Å². The number of rotatable bonds is 6. The van der Waals surface area contributed by atoms with Crippen molar-refractivity contribution in [3.8, 4) is 5.75 Å². The normalized spacial score (nSPS) is 11.1. The Hall–Kier alpha value is -2.30. The maximum absolute atomic E-state index is 5.79. The number of aryl methyl sites for hydroxylation is 1. The number of hydrogen-bond acceptors (Lipinski definition) is 4. The summed E-state index contributed by atoms with van der Waals surface area (Å²) in [5.41, 5.74) is 1.11. The van der Waals surface area contributed by atoms with Crippen LogP contribution in [0.25, 0.3) is 10.9 Å². The van der Waals surface area contributed by atoms with E-state index in [4.69, 9.17) is 9.15 Å². The minimum Gasteiger partial charge on any atom is -0.493 e. The van der Waals surface area contributed by atoms with Crippen molar-refractivity contribution < 1.29 is 9.15 Å². The molecule has 0 amide bonds. The molecule has 0 saturated heterocycles. The van der Waals surface area contributed by atoms with Gasteiger partial charge in [-0.2, -0.15) is 0 Å². The molecule has 0 fully saturated rings. The zero-order valence-electron chi connectivity index (χ0n) is 12.4. The van der Waals surface area contributed by atoms with Crippen molar-refractivity contribution in [3.63, 3.8) is 0 Å². The molecule has 0 aliphatic rings. The van der Waals surface area contributed by atoms with Crippen molar-refractivity contribution >= 4 is 10.9 Å². The second-order valence-corrected chi connectivity index (χ2v) is 4.92. The lowest BCUT2D eigenvalue weighted by Crippen LogP contribution is -1.99. The first-order chi connectivity index (χ1) is 10.3. The Labute approximate surface area is 123 Å². The van der Waals surface area contributed by atoms with Crippen LogP contribution in [-0.4, -0.2) is 21.4 Å². The van der Waals surface area contributed by atoms with Gasteiger partial charge in [0.15, 0.2) is 0 Å². The Kier molecular flexibility index (Phi) is 3.90. The minimum absolute atomic E-state index is 0.577. The third-order valence-electron chi connectivity index (χ3n) is 3.35. The Morgan fingerprint density at radius 1 is 1.14 bits per heavy atom. The Morgan fingerprint density at radius 2 is 2.00 bits per heavy atom. The number of hydrogen-bond donors (Lipinski definition) is 0. The molecule has 0 saturated carbocycles. The van der Waals surface area contributed by atoms with Crippen molar-refractivity contribution in [1.82, 2.24) is 14.8 Å². The molecule has 110 valence electrons. The zero-order valence-corrected chi connectivity index (χ0v) is 12.4. The fourth-order valence-corrected chi connectivity index (χ4v) is 2.31. The van der Waals surface area contributed by atoms with Crippen LogP contribution in [-0.2, 0) is 13.0 Å². The quantitative estimate of drug-likeness (QED) is 0.696. The van der Waals surface area contributed by atoms with Gasteiger partial charge in [0.25, 0.3) is 0 Å². The van der Waals surface area contributed by atoms with Crippen LogP contribution in [0.1, 0.15) is 32.0 Å². The van der Waals surface area contributed by atoms with Crippen LogP contribution < -0.4 is 4.74 Å². The predicted octanol–water partition coefficient (Wildman–Crippen LogP) is 3.42. The molecule has 0 radical (unpaired) electrons. The van der Waals surface area contributed by atoms with E-state index in [0.29, 0.717) is 18.3 Å². The smallest absolute Gasteiger partial charge is 0.236 e. The summed E-state index contributed by atoms with van der Waals surface area (Å²) in [6, 6.07) is 8.15. The van der Waals surface area contributed by atoms with Crippen LogP contribution in [0.15, 0.2) is 34.9 Å². The van der Waals surface area contributed by atoms with Crippen molar-refractivity contribution in [2.75, 3.05) is 6.61 Å². The summed E-state index contributed by atoms with van der Waals surface area (Å²) in [5, 5.41) is 9.18. The molecule has 1 aromatic carbocycles. The molecule has 0 N–H and O–H groups in total. The maximum atomic E-state index is 5.79. The molecule has 3 aromatic rings. The molecule has 0 unspecified atom stereocenters. The molecule has 3 rings (SSSR count). The summed E-state index contributed by atoms with van der Waals surface area (Å²) >= 11 is 0. The fourth-order valence-electron chi connectivity index (χ4n) is 2.31. The molecule has 2 aromatic heterocycles. The Bertz CT molecular complexity index is 730. The minimum atomic E-state index is 0.577. The number of benzene rings is 1. The lowest BCUT2D eigenvalue weighted by molar-refractivity contribution is 0.321. The number of nitrogens with zero attached hydrogens (tertiary/aromatic N) is 3. The lowest BCUT2D eigenvalue weighted by atomic mass is 10.2. The maximum Gasteiger partial charge on any atom is 0.236 e. The summed E-state index contributed by atoms with van der Waals surface area (Å²) in [5.74, 6) is 2.23. The van der Waals surface area contributed by atoms with E-state index in [1.54, 1.807) is 0 Å². The van der Waals surface area contributed by atoms with E-state index in [1.165, 1.54) is 0 Å². The summed E-state index contributed by atoms with van der Waals surface area (Å²) in [6.45, 7) is 5.41. The van der Waals surface area contributed by atoms with Gasteiger partial charge >= 0.3 is 0 Å². The SMILES string of the molecule is CCCOc1cccc2c1ccn2Cc1nnc(CC)o1. The van der Waals surface area contributed by atoms with Crippen molar-refractivity contribution in [3.05, 3.63) is 42.2 Å². The molecule has 5 heteroatoms. The molecule has 0 aliphatic carbocycles. The zero-order chi connectivity index (χ0) is 14.7. The van der Waals surface area contributed by atoms with Crippen molar-refractivity contribution in [2.24, 2.45) is 0 Å². The largest absolute Gasteiger partial charge is 0.493 e. The topological polar surface area (TPSA) is 53.1 Å². The molecular weight excluding hydrogens is 266 g/mol. The summed E-state index contributed by atoms with van der Waals surface area (Å²) in [4.78, 5) is 0. The van der Waals surface area contributed by atoms with Crippen LogP contribution in [0.3, 0.4) is 0 Å². The molecule has 5 nitrogen and oxygen atoms in total. The highest BCUT2D eigenvalue weighted by molar-refractivity contribution is 5.86.